The van der Waals surface area contributed by atoms with E-state index in [1.807, 2.05) is 0 Å². The molecule has 0 spiro atoms. The molecule has 4 heteroatoms. The van der Waals surface area contributed by atoms with Gasteiger partial charge in [-0.1, -0.05) is 11.6 Å². The van der Waals surface area contributed by atoms with Gasteiger partial charge in [-0.05, 0) is 25.1 Å². The van der Waals surface area contributed by atoms with E-state index < -0.39 is 0 Å². The molecule has 0 bridgehead atoms. The predicted octanol–water partition coefficient (Wildman–Crippen LogP) is 2.63. The molecular formula is C11H13ClO3. The Kier molecular flexibility index (Phi) is 3.97. The van der Waals surface area contributed by atoms with E-state index in [4.69, 9.17) is 16.3 Å². The summed E-state index contributed by atoms with van der Waals surface area (Å²) in [5, 5.41) is 0.571. The first-order chi connectivity index (χ1) is 7.10. The lowest BCUT2D eigenvalue weighted by atomic mass is 10.0. The normalized spacial score (nSPS) is 12.0. The van der Waals surface area contributed by atoms with Crippen molar-refractivity contribution in [2.24, 2.45) is 0 Å². The highest BCUT2D eigenvalue weighted by atomic mass is 35.5. The third-order valence-corrected chi connectivity index (χ3v) is 2.45. The molecule has 0 saturated carbocycles. The average Bonchev–Trinajstić information content (AvgIpc) is 2.27. The van der Waals surface area contributed by atoms with Crippen molar-refractivity contribution in [3.05, 3.63) is 28.8 Å². The van der Waals surface area contributed by atoms with Crippen molar-refractivity contribution in [2.75, 3.05) is 14.2 Å². The van der Waals surface area contributed by atoms with Crippen LogP contribution in [0.4, 0.5) is 0 Å². The molecule has 0 aromatic heterocycles. The van der Waals surface area contributed by atoms with Gasteiger partial charge in [-0.3, -0.25) is 4.79 Å². The van der Waals surface area contributed by atoms with Gasteiger partial charge in [-0.25, -0.2) is 0 Å². The van der Waals surface area contributed by atoms with E-state index in [2.05, 4.69) is 4.74 Å². The van der Waals surface area contributed by atoms with Crippen LogP contribution in [-0.2, 0) is 9.53 Å². The Morgan fingerprint density at radius 2 is 2.07 bits per heavy atom. The van der Waals surface area contributed by atoms with E-state index >= 15 is 0 Å². The number of halogens is 1. The number of esters is 1. The van der Waals surface area contributed by atoms with Crippen molar-refractivity contribution >= 4 is 17.6 Å². The molecule has 0 heterocycles. The monoisotopic (exact) mass is 228 g/mol. The van der Waals surface area contributed by atoms with Crippen molar-refractivity contribution in [2.45, 2.75) is 12.8 Å². The van der Waals surface area contributed by atoms with Crippen molar-refractivity contribution < 1.29 is 14.3 Å². The minimum absolute atomic E-state index is 0.310. The van der Waals surface area contributed by atoms with Gasteiger partial charge < -0.3 is 9.47 Å². The molecule has 82 valence electrons. The fourth-order valence-corrected chi connectivity index (χ4v) is 1.53. The van der Waals surface area contributed by atoms with Gasteiger partial charge in [0, 0.05) is 10.6 Å². The molecule has 15 heavy (non-hydrogen) atoms. The third kappa shape index (κ3) is 2.63. The van der Waals surface area contributed by atoms with Gasteiger partial charge in [0.05, 0.1) is 20.1 Å². The summed E-state index contributed by atoms with van der Waals surface area (Å²) in [6.45, 7) is 1.75. The number of rotatable bonds is 3. The number of carbonyl (C=O) groups excluding carboxylic acids is 1. The highest BCUT2D eigenvalue weighted by Gasteiger charge is 2.19. The Labute approximate surface area is 93.9 Å². The van der Waals surface area contributed by atoms with Gasteiger partial charge in [0.25, 0.3) is 0 Å². The second-order valence-electron chi connectivity index (χ2n) is 3.13. The van der Waals surface area contributed by atoms with E-state index in [9.17, 15) is 4.79 Å². The van der Waals surface area contributed by atoms with Crippen molar-refractivity contribution in [1.82, 2.24) is 0 Å². The lowest BCUT2D eigenvalue weighted by Crippen LogP contribution is -2.11. The lowest BCUT2D eigenvalue weighted by Gasteiger charge is -2.13. The lowest BCUT2D eigenvalue weighted by molar-refractivity contribution is -0.142. The maximum Gasteiger partial charge on any atom is 0.312 e. The first kappa shape index (κ1) is 11.9. The van der Waals surface area contributed by atoms with Crippen molar-refractivity contribution in [1.29, 1.82) is 0 Å². The Balaban J connectivity index is 3.10. The highest BCUT2D eigenvalue weighted by Crippen LogP contribution is 2.29. The van der Waals surface area contributed by atoms with Crippen LogP contribution in [0, 0.1) is 0 Å². The summed E-state index contributed by atoms with van der Waals surface area (Å²) in [7, 11) is 2.91. The molecular weight excluding hydrogens is 216 g/mol. The Bertz CT molecular complexity index is 363. The first-order valence-electron chi connectivity index (χ1n) is 4.51. The number of benzene rings is 1. The van der Waals surface area contributed by atoms with E-state index in [1.165, 1.54) is 7.11 Å². The molecule has 1 atom stereocenters. The van der Waals surface area contributed by atoms with Gasteiger partial charge in [0.2, 0.25) is 0 Å². The Morgan fingerprint density at radius 3 is 2.60 bits per heavy atom. The molecule has 1 unspecified atom stereocenters. The second kappa shape index (κ2) is 5.03. The molecule has 1 rings (SSSR count). The van der Waals surface area contributed by atoms with Crippen LogP contribution in [0.5, 0.6) is 5.75 Å². The summed E-state index contributed by atoms with van der Waals surface area (Å²) in [5.41, 5.74) is 0.733. The molecule has 0 aliphatic carbocycles. The highest BCUT2D eigenvalue weighted by molar-refractivity contribution is 6.30. The van der Waals surface area contributed by atoms with Crippen LogP contribution in [0.2, 0.25) is 5.02 Å². The quantitative estimate of drug-likeness (QED) is 0.746. The molecule has 0 aliphatic heterocycles. The first-order valence-corrected chi connectivity index (χ1v) is 4.89. The number of hydrogen-bond donors (Lipinski definition) is 0. The molecule has 0 saturated heterocycles. The van der Waals surface area contributed by atoms with Crippen LogP contribution in [0.25, 0.3) is 0 Å². The zero-order chi connectivity index (χ0) is 11.4. The van der Waals surface area contributed by atoms with E-state index in [-0.39, 0.29) is 11.9 Å². The molecule has 1 aromatic rings. The van der Waals surface area contributed by atoms with Crippen molar-refractivity contribution in [3.8, 4) is 5.75 Å². The summed E-state index contributed by atoms with van der Waals surface area (Å²) in [4.78, 5) is 11.4. The second-order valence-corrected chi connectivity index (χ2v) is 3.57. The zero-order valence-electron chi connectivity index (χ0n) is 8.91. The summed E-state index contributed by atoms with van der Waals surface area (Å²) < 4.78 is 9.82. The average molecular weight is 229 g/mol. The van der Waals surface area contributed by atoms with Gasteiger partial charge in [-0.2, -0.15) is 0 Å². The predicted molar refractivity (Wildman–Crippen MR) is 58.4 cm³/mol. The summed E-state index contributed by atoms with van der Waals surface area (Å²) in [6.07, 6.45) is 0. The van der Waals surface area contributed by atoms with E-state index in [0.29, 0.717) is 10.8 Å². The van der Waals surface area contributed by atoms with E-state index in [1.54, 1.807) is 32.2 Å². The molecule has 0 N–H and O–H groups in total. The molecule has 0 fully saturated rings. The largest absolute Gasteiger partial charge is 0.496 e. The van der Waals surface area contributed by atoms with Crippen LogP contribution in [0.3, 0.4) is 0 Å². The smallest absolute Gasteiger partial charge is 0.312 e. The SMILES string of the molecule is COC(=O)C(C)c1cc(Cl)ccc1OC. The van der Waals surface area contributed by atoms with Gasteiger partial charge in [-0.15, -0.1) is 0 Å². The standard InChI is InChI=1S/C11H13ClO3/c1-7(11(13)15-3)9-6-8(12)4-5-10(9)14-2/h4-7H,1-3H3. The minimum atomic E-state index is -0.386. The van der Waals surface area contributed by atoms with Gasteiger partial charge in [0.1, 0.15) is 5.75 Å². The van der Waals surface area contributed by atoms with Gasteiger partial charge >= 0.3 is 5.97 Å². The topological polar surface area (TPSA) is 35.5 Å². The number of hydrogen-bond acceptors (Lipinski definition) is 3. The minimum Gasteiger partial charge on any atom is -0.496 e. The van der Waals surface area contributed by atoms with Crippen LogP contribution in [-0.4, -0.2) is 20.2 Å². The van der Waals surface area contributed by atoms with Crippen LogP contribution >= 0.6 is 11.6 Å². The zero-order valence-corrected chi connectivity index (χ0v) is 9.67. The maximum atomic E-state index is 11.4. The fourth-order valence-electron chi connectivity index (χ4n) is 1.35. The van der Waals surface area contributed by atoms with E-state index in [0.717, 1.165) is 5.56 Å². The molecule has 3 nitrogen and oxygen atoms in total. The van der Waals surface area contributed by atoms with Crippen LogP contribution in [0.15, 0.2) is 18.2 Å². The van der Waals surface area contributed by atoms with Gasteiger partial charge in [0.15, 0.2) is 0 Å². The summed E-state index contributed by atoms with van der Waals surface area (Å²) >= 11 is 5.86. The Hall–Kier alpha value is -1.22. The van der Waals surface area contributed by atoms with Crippen molar-refractivity contribution in [3.63, 3.8) is 0 Å². The molecule has 1 aromatic carbocycles. The number of ether oxygens (including phenoxy) is 2. The summed E-state index contributed by atoms with van der Waals surface area (Å²) in [5.74, 6) is -0.0588. The molecule has 0 amide bonds. The summed E-state index contributed by atoms with van der Waals surface area (Å²) in [6, 6.07) is 5.16. The maximum absolute atomic E-state index is 11.4. The van der Waals surface area contributed by atoms with Crippen LogP contribution in [0.1, 0.15) is 18.4 Å². The fraction of sp³-hybridized carbons (Fsp3) is 0.364. The third-order valence-electron chi connectivity index (χ3n) is 2.21. The number of methoxy groups -OCH3 is 2. The molecule has 0 aliphatic rings. The number of carbonyl (C=O) groups is 1. The Morgan fingerprint density at radius 1 is 1.40 bits per heavy atom. The molecule has 0 radical (unpaired) electrons. The van der Waals surface area contributed by atoms with Crippen LogP contribution < -0.4 is 4.74 Å².